The molecular formula is C11H13NO. The first-order valence-electron chi connectivity index (χ1n) is 4.24. The highest BCUT2D eigenvalue weighted by Crippen LogP contribution is 1.97. The maximum Gasteiger partial charge on any atom is 0.224 e. The lowest BCUT2D eigenvalue weighted by atomic mass is 10.2. The minimum absolute atomic E-state index is 0.0128. The highest BCUT2D eigenvalue weighted by Gasteiger charge is 1.96. The number of hydrogen-bond acceptors (Lipinski definition) is 1. The van der Waals surface area contributed by atoms with Gasteiger partial charge in [0.15, 0.2) is 0 Å². The molecule has 0 bridgehead atoms. The topological polar surface area (TPSA) is 29.1 Å². The lowest BCUT2D eigenvalue weighted by Gasteiger charge is -2.02. The van der Waals surface area contributed by atoms with Gasteiger partial charge in [-0.15, -0.1) is 6.58 Å². The van der Waals surface area contributed by atoms with Gasteiger partial charge in [0.05, 0.1) is 0 Å². The Labute approximate surface area is 78.3 Å². The molecule has 0 aliphatic carbocycles. The molecule has 0 saturated heterocycles. The highest BCUT2D eigenvalue weighted by atomic mass is 16.1. The molecule has 0 heterocycles. The van der Waals surface area contributed by atoms with Crippen molar-refractivity contribution in [3.63, 3.8) is 0 Å². The average Bonchev–Trinajstić information content (AvgIpc) is 2.17. The Morgan fingerprint density at radius 3 is 2.69 bits per heavy atom. The van der Waals surface area contributed by atoms with Crippen molar-refractivity contribution in [3.05, 3.63) is 48.6 Å². The molecule has 0 atom stereocenters. The van der Waals surface area contributed by atoms with Crippen molar-refractivity contribution < 1.29 is 4.79 Å². The van der Waals surface area contributed by atoms with Crippen molar-refractivity contribution in [2.45, 2.75) is 13.0 Å². The first kappa shape index (κ1) is 9.52. The molecular weight excluding hydrogens is 162 g/mol. The van der Waals surface area contributed by atoms with Crippen LogP contribution in [0.3, 0.4) is 0 Å². The number of amides is 1. The predicted octanol–water partition coefficient (Wildman–Crippen LogP) is 1.88. The Kier molecular flexibility index (Phi) is 3.76. The van der Waals surface area contributed by atoms with E-state index in [1.165, 1.54) is 0 Å². The van der Waals surface area contributed by atoms with Gasteiger partial charge in [-0.2, -0.15) is 0 Å². The van der Waals surface area contributed by atoms with Crippen LogP contribution < -0.4 is 5.32 Å². The van der Waals surface area contributed by atoms with Gasteiger partial charge in [-0.3, -0.25) is 4.79 Å². The molecule has 0 aliphatic rings. The van der Waals surface area contributed by atoms with Crippen LogP contribution in [0.4, 0.5) is 0 Å². The van der Waals surface area contributed by atoms with E-state index in [9.17, 15) is 4.79 Å². The SMILES string of the molecule is C=CCC(=O)NCc1ccccc1. The number of hydrogen-bond donors (Lipinski definition) is 1. The van der Waals surface area contributed by atoms with Gasteiger partial charge >= 0.3 is 0 Å². The van der Waals surface area contributed by atoms with Gasteiger partial charge in [-0.05, 0) is 5.56 Å². The number of carbonyl (C=O) groups is 1. The number of nitrogens with one attached hydrogen (secondary N) is 1. The summed E-state index contributed by atoms with van der Waals surface area (Å²) in [6, 6.07) is 9.82. The smallest absolute Gasteiger partial charge is 0.224 e. The molecule has 2 nitrogen and oxygen atoms in total. The molecule has 68 valence electrons. The molecule has 0 aliphatic heterocycles. The van der Waals surface area contributed by atoms with Gasteiger partial charge < -0.3 is 5.32 Å². The molecule has 2 heteroatoms. The number of carbonyl (C=O) groups excluding carboxylic acids is 1. The maximum absolute atomic E-state index is 11.0. The van der Waals surface area contributed by atoms with Gasteiger partial charge in [0, 0.05) is 13.0 Å². The predicted molar refractivity (Wildman–Crippen MR) is 53.1 cm³/mol. The van der Waals surface area contributed by atoms with Crippen molar-refractivity contribution in [1.82, 2.24) is 5.32 Å². The Morgan fingerprint density at radius 2 is 2.08 bits per heavy atom. The third-order valence-corrected chi connectivity index (χ3v) is 1.66. The lowest BCUT2D eigenvalue weighted by Crippen LogP contribution is -2.21. The second-order valence-corrected chi connectivity index (χ2v) is 2.76. The summed E-state index contributed by atoms with van der Waals surface area (Å²) in [5, 5.41) is 2.79. The number of benzene rings is 1. The molecule has 0 saturated carbocycles. The molecule has 0 unspecified atom stereocenters. The highest BCUT2D eigenvalue weighted by molar-refractivity contribution is 5.77. The van der Waals surface area contributed by atoms with E-state index in [1.807, 2.05) is 30.3 Å². The first-order valence-corrected chi connectivity index (χ1v) is 4.24. The summed E-state index contributed by atoms with van der Waals surface area (Å²) in [4.78, 5) is 11.0. The number of rotatable bonds is 4. The van der Waals surface area contributed by atoms with Gasteiger partial charge in [0.25, 0.3) is 0 Å². The Hall–Kier alpha value is -1.57. The summed E-state index contributed by atoms with van der Waals surface area (Å²) in [5.74, 6) is 0.0128. The van der Waals surface area contributed by atoms with Crippen molar-refractivity contribution in [2.24, 2.45) is 0 Å². The Bertz CT molecular complexity index is 279. The van der Waals surface area contributed by atoms with Crippen molar-refractivity contribution in [3.8, 4) is 0 Å². The van der Waals surface area contributed by atoms with Crippen LogP contribution in [-0.2, 0) is 11.3 Å². The zero-order valence-electron chi connectivity index (χ0n) is 7.49. The summed E-state index contributed by atoms with van der Waals surface area (Å²) in [6.07, 6.45) is 1.98. The summed E-state index contributed by atoms with van der Waals surface area (Å²) >= 11 is 0. The third-order valence-electron chi connectivity index (χ3n) is 1.66. The molecule has 1 N–H and O–H groups in total. The van der Waals surface area contributed by atoms with Crippen LogP contribution in [0.2, 0.25) is 0 Å². The molecule has 1 amide bonds. The van der Waals surface area contributed by atoms with E-state index in [1.54, 1.807) is 6.08 Å². The van der Waals surface area contributed by atoms with E-state index in [4.69, 9.17) is 0 Å². The molecule has 1 aromatic carbocycles. The fourth-order valence-corrected chi connectivity index (χ4v) is 1.000. The summed E-state index contributed by atoms with van der Waals surface area (Å²) in [6.45, 7) is 4.09. The van der Waals surface area contributed by atoms with E-state index in [0.29, 0.717) is 13.0 Å². The van der Waals surface area contributed by atoms with E-state index in [-0.39, 0.29) is 5.91 Å². The molecule has 0 fully saturated rings. The van der Waals surface area contributed by atoms with Crippen LogP contribution in [-0.4, -0.2) is 5.91 Å². The quantitative estimate of drug-likeness (QED) is 0.695. The van der Waals surface area contributed by atoms with Crippen LogP contribution in [0.5, 0.6) is 0 Å². The van der Waals surface area contributed by atoms with Crippen LogP contribution in [0.15, 0.2) is 43.0 Å². The van der Waals surface area contributed by atoms with E-state index in [0.717, 1.165) is 5.56 Å². The fraction of sp³-hybridized carbons (Fsp3) is 0.182. The largest absolute Gasteiger partial charge is 0.352 e. The second kappa shape index (κ2) is 5.14. The van der Waals surface area contributed by atoms with Crippen molar-refractivity contribution in [2.75, 3.05) is 0 Å². The molecule has 1 aromatic rings. The zero-order valence-corrected chi connectivity index (χ0v) is 7.49. The van der Waals surface area contributed by atoms with Crippen LogP contribution in [0.25, 0.3) is 0 Å². The monoisotopic (exact) mass is 175 g/mol. The van der Waals surface area contributed by atoms with Gasteiger partial charge in [0.1, 0.15) is 0 Å². The summed E-state index contributed by atoms with van der Waals surface area (Å²) < 4.78 is 0. The first-order chi connectivity index (χ1) is 6.33. The molecule has 13 heavy (non-hydrogen) atoms. The zero-order chi connectivity index (χ0) is 9.52. The van der Waals surface area contributed by atoms with Crippen LogP contribution in [0, 0.1) is 0 Å². The summed E-state index contributed by atoms with van der Waals surface area (Å²) in [7, 11) is 0. The fourth-order valence-electron chi connectivity index (χ4n) is 1.000. The van der Waals surface area contributed by atoms with Crippen molar-refractivity contribution in [1.29, 1.82) is 0 Å². The minimum Gasteiger partial charge on any atom is -0.352 e. The molecule has 0 aromatic heterocycles. The van der Waals surface area contributed by atoms with Crippen LogP contribution in [0.1, 0.15) is 12.0 Å². The Balaban J connectivity index is 2.35. The molecule has 0 radical (unpaired) electrons. The van der Waals surface area contributed by atoms with Gasteiger partial charge in [-0.1, -0.05) is 36.4 Å². The van der Waals surface area contributed by atoms with Crippen LogP contribution >= 0.6 is 0 Å². The van der Waals surface area contributed by atoms with Gasteiger partial charge in [-0.25, -0.2) is 0 Å². The third kappa shape index (κ3) is 3.56. The van der Waals surface area contributed by atoms with Gasteiger partial charge in [0.2, 0.25) is 5.91 Å². The lowest BCUT2D eigenvalue weighted by molar-refractivity contribution is -0.120. The van der Waals surface area contributed by atoms with E-state index >= 15 is 0 Å². The average molecular weight is 175 g/mol. The molecule has 0 spiro atoms. The minimum atomic E-state index is 0.0128. The standard InChI is InChI=1S/C11H13NO/c1-2-6-11(13)12-9-10-7-4-3-5-8-10/h2-5,7-8H,1,6,9H2,(H,12,13). The maximum atomic E-state index is 11.0. The summed E-state index contributed by atoms with van der Waals surface area (Å²) in [5.41, 5.74) is 1.11. The van der Waals surface area contributed by atoms with E-state index in [2.05, 4.69) is 11.9 Å². The normalized spacial score (nSPS) is 9.23. The Morgan fingerprint density at radius 1 is 1.38 bits per heavy atom. The second-order valence-electron chi connectivity index (χ2n) is 2.76. The molecule has 1 rings (SSSR count). The van der Waals surface area contributed by atoms with E-state index < -0.39 is 0 Å². The van der Waals surface area contributed by atoms with Crippen molar-refractivity contribution >= 4 is 5.91 Å².